The summed E-state index contributed by atoms with van der Waals surface area (Å²) in [5.74, 6) is -1.21. The van der Waals surface area contributed by atoms with Crippen molar-refractivity contribution in [2.45, 2.75) is 39.0 Å². The predicted molar refractivity (Wildman–Crippen MR) is 160 cm³/mol. The van der Waals surface area contributed by atoms with Crippen LogP contribution in [-0.4, -0.2) is 38.1 Å². The SMILES string of the molecule is CC(C[C@@H](Cc1ccc(-c2ccccc2)cc1)NC(=O)c1nnn(Cc2ccccc2)n1)C(=O)OCc1ccccc1. The van der Waals surface area contributed by atoms with Crippen LogP contribution < -0.4 is 5.32 Å². The van der Waals surface area contributed by atoms with Crippen LogP contribution in [0.3, 0.4) is 0 Å². The van der Waals surface area contributed by atoms with Crippen LogP contribution >= 0.6 is 0 Å². The molecular formula is C34H33N5O3. The van der Waals surface area contributed by atoms with Crippen LogP contribution in [0.1, 0.15) is 40.7 Å². The van der Waals surface area contributed by atoms with Gasteiger partial charge in [0.1, 0.15) is 6.61 Å². The number of hydrogen-bond acceptors (Lipinski definition) is 6. The molecule has 8 heteroatoms. The number of tetrazole rings is 1. The Balaban J connectivity index is 1.26. The molecular weight excluding hydrogens is 526 g/mol. The summed E-state index contributed by atoms with van der Waals surface area (Å²) < 4.78 is 5.57. The molecule has 1 N–H and O–H groups in total. The standard InChI is InChI=1S/C34H33N5O3/c1-25(34(41)42-24-28-13-7-3-8-14-28)21-31(22-26-17-19-30(20-18-26)29-15-9-4-10-16-29)35-33(40)32-36-38-39(37-32)23-27-11-5-2-6-12-27/h2-20,25,31H,21-24H2,1H3,(H,35,40)/t25?,31-/m0/s1. The number of carbonyl (C=O) groups is 2. The van der Waals surface area contributed by atoms with Crippen molar-refractivity contribution in [3.05, 3.63) is 138 Å². The van der Waals surface area contributed by atoms with Gasteiger partial charge in [0.25, 0.3) is 11.7 Å². The lowest BCUT2D eigenvalue weighted by molar-refractivity contribution is -0.149. The summed E-state index contributed by atoms with van der Waals surface area (Å²) in [7, 11) is 0. The average Bonchev–Trinajstić information content (AvgIpc) is 3.50. The summed E-state index contributed by atoms with van der Waals surface area (Å²) in [6, 6.07) is 37.3. The van der Waals surface area contributed by atoms with Gasteiger partial charge in [-0.15, -0.1) is 10.2 Å². The maximum absolute atomic E-state index is 13.2. The van der Waals surface area contributed by atoms with Gasteiger partial charge in [-0.2, -0.15) is 4.80 Å². The van der Waals surface area contributed by atoms with E-state index in [1.807, 2.05) is 97.9 Å². The van der Waals surface area contributed by atoms with Gasteiger partial charge in [0.15, 0.2) is 0 Å². The molecule has 212 valence electrons. The first-order valence-electron chi connectivity index (χ1n) is 14.0. The monoisotopic (exact) mass is 559 g/mol. The summed E-state index contributed by atoms with van der Waals surface area (Å²) in [6.07, 6.45) is 0.910. The smallest absolute Gasteiger partial charge is 0.309 e. The van der Waals surface area contributed by atoms with Crippen LogP contribution in [0.5, 0.6) is 0 Å². The minimum atomic E-state index is -0.440. The van der Waals surface area contributed by atoms with Gasteiger partial charge in [-0.05, 0) is 45.9 Å². The highest BCUT2D eigenvalue weighted by molar-refractivity contribution is 5.90. The van der Waals surface area contributed by atoms with Crippen LogP contribution in [0.2, 0.25) is 0 Å². The lowest BCUT2D eigenvalue weighted by Crippen LogP contribution is -2.39. The molecule has 1 unspecified atom stereocenters. The van der Waals surface area contributed by atoms with Crippen molar-refractivity contribution in [1.82, 2.24) is 25.5 Å². The number of rotatable bonds is 12. The molecule has 42 heavy (non-hydrogen) atoms. The molecule has 5 rings (SSSR count). The first kappa shape index (κ1) is 28.4. The summed E-state index contributed by atoms with van der Waals surface area (Å²) in [4.78, 5) is 27.5. The van der Waals surface area contributed by atoms with Gasteiger partial charge in [0.05, 0.1) is 12.5 Å². The largest absolute Gasteiger partial charge is 0.461 e. The first-order chi connectivity index (χ1) is 20.5. The highest BCUT2D eigenvalue weighted by Gasteiger charge is 2.24. The van der Waals surface area contributed by atoms with Crippen LogP contribution in [0.4, 0.5) is 0 Å². The normalized spacial score (nSPS) is 12.3. The Morgan fingerprint density at radius 2 is 1.36 bits per heavy atom. The molecule has 0 radical (unpaired) electrons. The van der Waals surface area contributed by atoms with Gasteiger partial charge in [-0.1, -0.05) is 122 Å². The maximum Gasteiger partial charge on any atom is 0.309 e. The van der Waals surface area contributed by atoms with E-state index in [-0.39, 0.29) is 24.4 Å². The van der Waals surface area contributed by atoms with E-state index in [1.165, 1.54) is 4.80 Å². The number of ether oxygens (including phenoxy) is 1. The molecule has 0 saturated heterocycles. The number of nitrogens with one attached hydrogen (secondary N) is 1. The summed E-state index contributed by atoms with van der Waals surface area (Å²) in [6.45, 7) is 2.43. The van der Waals surface area contributed by atoms with Gasteiger partial charge in [0.2, 0.25) is 0 Å². The number of amides is 1. The lowest BCUT2D eigenvalue weighted by Gasteiger charge is -2.21. The molecule has 0 bridgehead atoms. The zero-order valence-corrected chi connectivity index (χ0v) is 23.5. The number of nitrogens with zero attached hydrogens (tertiary/aromatic N) is 4. The van der Waals surface area contributed by atoms with Gasteiger partial charge in [0, 0.05) is 6.04 Å². The number of esters is 1. The molecule has 0 aliphatic heterocycles. The Hall–Kier alpha value is -5.11. The fourth-order valence-electron chi connectivity index (χ4n) is 4.73. The fourth-order valence-corrected chi connectivity index (χ4v) is 4.73. The molecule has 0 saturated carbocycles. The Kier molecular flexibility index (Phi) is 9.46. The molecule has 5 aromatic rings. The molecule has 0 spiro atoms. The lowest BCUT2D eigenvalue weighted by atomic mass is 9.95. The van der Waals surface area contributed by atoms with E-state index in [9.17, 15) is 9.59 Å². The van der Waals surface area contributed by atoms with Crippen molar-refractivity contribution in [2.75, 3.05) is 0 Å². The highest BCUT2D eigenvalue weighted by atomic mass is 16.5. The molecule has 1 amide bonds. The van der Waals surface area contributed by atoms with Crippen LogP contribution in [0.25, 0.3) is 11.1 Å². The number of carbonyl (C=O) groups excluding carboxylic acids is 2. The topological polar surface area (TPSA) is 99.0 Å². The summed E-state index contributed by atoms with van der Waals surface area (Å²) in [5.41, 5.74) is 5.20. The van der Waals surface area contributed by atoms with Crippen molar-refractivity contribution in [3.63, 3.8) is 0 Å². The van der Waals surface area contributed by atoms with Gasteiger partial charge >= 0.3 is 5.97 Å². The van der Waals surface area contributed by atoms with E-state index < -0.39 is 11.8 Å². The van der Waals surface area contributed by atoms with E-state index in [2.05, 4.69) is 45.0 Å². The Labute approximate surface area is 245 Å². The molecule has 8 nitrogen and oxygen atoms in total. The molecule has 1 heterocycles. The van der Waals surface area contributed by atoms with E-state index >= 15 is 0 Å². The minimum Gasteiger partial charge on any atom is -0.461 e. The molecule has 0 aliphatic rings. The van der Waals surface area contributed by atoms with Crippen molar-refractivity contribution in [3.8, 4) is 11.1 Å². The molecule has 4 aromatic carbocycles. The summed E-state index contributed by atoms with van der Waals surface area (Å²) >= 11 is 0. The molecule has 1 aromatic heterocycles. The third-order valence-electron chi connectivity index (χ3n) is 6.97. The Morgan fingerprint density at radius 3 is 2.02 bits per heavy atom. The van der Waals surface area contributed by atoms with Crippen LogP contribution in [0, 0.1) is 5.92 Å². The van der Waals surface area contributed by atoms with E-state index in [0.717, 1.165) is 27.8 Å². The third-order valence-corrected chi connectivity index (χ3v) is 6.97. The van der Waals surface area contributed by atoms with Gasteiger partial charge < -0.3 is 10.1 Å². The van der Waals surface area contributed by atoms with Crippen molar-refractivity contribution in [1.29, 1.82) is 0 Å². The molecule has 0 aliphatic carbocycles. The van der Waals surface area contributed by atoms with E-state index in [1.54, 1.807) is 0 Å². The predicted octanol–water partition coefficient (Wildman–Crippen LogP) is 5.50. The van der Waals surface area contributed by atoms with Gasteiger partial charge in [-0.3, -0.25) is 9.59 Å². The van der Waals surface area contributed by atoms with Crippen LogP contribution in [-0.2, 0) is 29.1 Å². The zero-order valence-electron chi connectivity index (χ0n) is 23.5. The first-order valence-corrected chi connectivity index (χ1v) is 14.0. The van der Waals surface area contributed by atoms with Crippen molar-refractivity contribution < 1.29 is 14.3 Å². The second-order valence-corrected chi connectivity index (χ2v) is 10.3. The molecule has 0 fully saturated rings. The minimum absolute atomic E-state index is 0.0188. The summed E-state index contributed by atoms with van der Waals surface area (Å²) in [5, 5.41) is 15.3. The van der Waals surface area contributed by atoms with Crippen LogP contribution in [0.15, 0.2) is 115 Å². The second kappa shape index (κ2) is 14.0. The van der Waals surface area contributed by atoms with Crippen molar-refractivity contribution >= 4 is 11.9 Å². The second-order valence-electron chi connectivity index (χ2n) is 10.3. The maximum atomic E-state index is 13.2. The number of hydrogen-bond donors (Lipinski definition) is 1. The highest BCUT2D eigenvalue weighted by Crippen LogP contribution is 2.21. The van der Waals surface area contributed by atoms with Gasteiger partial charge in [-0.25, -0.2) is 0 Å². The molecule has 2 atom stereocenters. The average molecular weight is 560 g/mol. The van der Waals surface area contributed by atoms with E-state index in [4.69, 9.17) is 4.74 Å². The van der Waals surface area contributed by atoms with E-state index in [0.29, 0.717) is 19.4 Å². The Bertz CT molecular complexity index is 1570. The zero-order chi connectivity index (χ0) is 29.1. The number of aromatic nitrogens is 4. The Morgan fingerprint density at radius 1 is 0.762 bits per heavy atom. The fraction of sp³-hybridized carbons (Fsp3) is 0.206. The van der Waals surface area contributed by atoms with Crippen molar-refractivity contribution in [2.24, 2.45) is 5.92 Å². The third kappa shape index (κ3) is 7.97. The quantitative estimate of drug-likeness (QED) is 0.203. The number of benzene rings is 4.